The SMILES string of the molecule is Cc1c(N)nnn1Cc1ccncc1.Cl.Cl. The Morgan fingerprint density at radius 2 is 1.88 bits per heavy atom. The molecule has 0 unspecified atom stereocenters. The maximum atomic E-state index is 5.59. The van der Waals surface area contributed by atoms with Crippen LogP contribution in [0.15, 0.2) is 24.5 Å². The number of nitrogens with zero attached hydrogens (tertiary/aromatic N) is 4. The van der Waals surface area contributed by atoms with Crippen LogP contribution >= 0.6 is 24.8 Å². The summed E-state index contributed by atoms with van der Waals surface area (Å²) >= 11 is 0. The highest BCUT2D eigenvalue weighted by molar-refractivity contribution is 5.85. The molecule has 0 atom stereocenters. The second kappa shape index (κ2) is 6.30. The molecule has 0 aliphatic carbocycles. The quantitative estimate of drug-likeness (QED) is 0.889. The molecule has 2 rings (SSSR count). The topological polar surface area (TPSA) is 69.6 Å². The van der Waals surface area contributed by atoms with Gasteiger partial charge >= 0.3 is 0 Å². The molecule has 2 heterocycles. The first-order chi connectivity index (χ1) is 6.77. The predicted molar refractivity (Wildman–Crippen MR) is 67.0 cm³/mol. The van der Waals surface area contributed by atoms with Crippen LogP contribution in [0.5, 0.6) is 0 Å². The van der Waals surface area contributed by atoms with Gasteiger partial charge in [-0.15, -0.1) is 29.9 Å². The lowest BCUT2D eigenvalue weighted by atomic mass is 10.3. The average Bonchev–Trinajstić information content (AvgIpc) is 2.52. The molecule has 0 bridgehead atoms. The summed E-state index contributed by atoms with van der Waals surface area (Å²) < 4.78 is 1.77. The van der Waals surface area contributed by atoms with Crippen LogP contribution in [0.4, 0.5) is 5.82 Å². The van der Waals surface area contributed by atoms with Crippen LogP contribution in [-0.2, 0) is 6.54 Å². The Hall–Kier alpha value is -1.33. The minimum atomic E-state index is 0. The summed E-state index contributed by atoms with van der Waals surface area (Å²) in [6, 6.07) is 3.88. The maximum Gasteiger partial charge on any atom is 0.168 e. The van der Waals surface area contributed by atoms with Crippen molar-refractivity contribution in [2.45, 2.75) is 13.5 Å². The molecule has 5 nitrogen and oxygen atoms in total. The second-order valence-electron chi connectivity index (χ2n) is 3.07. The van der Waals surface area contributed by atoms with Gasteiger partial charge in [-0.05, 0) is 24.6 Å². The van der Waals surface area contributed by atoms with E-state index in [2.05, 4.69) is 15.3 Å². The average molecular weight is 262 g/mol. The summed E-state index contributed by atoms with van der Waals surface area (Å²) in [6.45, 7) is 2.58. The van der Waals surface area contributed by atoms with Crippen LogP contribution < -0.4 is 5.73 Å². The monoisotopic (exact) mass is 261 g/mol. The predicted octanol–water partition coefficient (Wildman–Crippen LogP) is 1.46. The molecule has 16 heavy (non-hydrogen) atoms. The van der Waals surface area contributed by atoms with E-state index in [0.717, 1.165) is 11.3 Å². The Morgan fingerprint density at radius 3 is 2.38 bits per heavy atom. The molecule has 0 fully saturated rings. The van der Waals surface area contributed by atoms with Crippen LogP contribution in [0.25, 0.3) is 0 Å². The van der Waals surface area contributed by atoms with E-state index in [1.54, 1.807) is 17.1 Å². The van der Waals surface area contributed by atoms with Crippen molar-refractivity contribution in [3.8, 4) is 0 Å². The number of hydrogen-bond acceptors (Lipinski definition) is 4. The summed E-state index contributed by atoms with van der Waals surface area (Å²) in [4.78, 5) is 3.94. The third-order valence-corrected chi connectivity index (χ3v) is 2.10. The number of hydrogen-bond donors (Lipinski definition) is 1. The highest BCUT2D eigenvalue weighted by Crippen LogP contribution is 2.07. The van der Waals surface area contributed by atoms with Gasteiger partial charge in [-0.1, -0.05) is 5.21 Å². The number of nitrogen functional groups attached to an aromatic ring is 1. The van der Waals surface area contributed by atoms with Crippen LogP contribution in [0, 0.1) is 6.92 Å². The Bertz CT molecular complexity index is 429. The zero-order valence-corrected chi connectivity index (χ0v) is 10.3. The zero-order chi connectivity index (χ0) is 9.97. The minimum absolute atomic E-state index is 0. The van der Waals surface area contributed by atoms with E-state index < -0.39 is 0 Å². The van der Waals surface area contributed by atoms with E-state index in [4.69, 9.17) is 5.73 Å². The summed E-state index contributed by atoms with van der Waals surface area (Å²) in [7, 11) is 0. The minimum Gasteiger partial charge on any atom is -0.381 e. The van der Waals surface area contributed by atoms with Gasteiger partial charge in [-0.2, -0.15) is 0 Å². The molecule has 0 aliphatic rings. The number of rotatable bonds is 2. The number of halogens is 2. The summed E-state index contributed by atoms with van der Waals surface area (Å²) in [5.41, 5.74) is 7.61. The highest BCUT2D eigenvalue weighted by atomic mass is 35.5. The highest BCUT2D eigenvalue weighted by Gasteiger charge is 2.04. The number of pyridine rings is 1. The van der Waals surface area contributed by atoms with E-state index in [9.17, 15) is 0 Å². The Morgan fingerprint density at radius 1 is 1.25 bits per heavy atom. The third kappa shape index (κ3) is 3.08. The fraction of sp³-hybridized carbons (Fsp3) is 0.222. The van der Waals surface area contributed by atoms with Crippen molar-refractivity contribution in [1.82, 2.24) is 20.0 Å². The molecule has 0 saturated carbocycles. The molecule has 7 heteroatoms. The summed E-state index contributed by atoms with van der Waals surface area (Å²) in [5.74, 6) is 0.485. The molecular weight excluding hydrogens is 249 g/mol. The first kappa shape index (κ1) is 14.7. The van der Waals surface area contributed by atoms with Crippen LogP contribution in [0.2, 0.25) is 0 Å². The second-order valence-corrected chi connectivity index (χ2v) is 3.07. The van der Waals surface area contributed by atoms with Crippen LogP contribution in [-0.4, -0.2) is 20.0 Å². The molecule has 2 aromatic rings. The largest absolute Gasteiger partial charge is 0.381 e. The van der Waals surface area contributed by atoms with Crippen molar-refractivity contribution in [3.05, 3.63) is 35.8 Å². The standard InChI is InChI=1S/C9H11N5.2ClH/c1-7-9(10)12-13-14(7)6-8-2-4-11-5-3-8;;/h2-5H,6,10H2,1H3;2*1H. The lowest BCUT2D eigenvalue weighted by Crippen LogP contribution is -2.04. The van der Waals surface area contributed by atoms with Gasteiger partial charge in [0.05, 0.1) is 12.2 Å². The summed E-state index contributed by atoms with van der Waals surface area (Å²) in [5, 5.41) is 7.72. The molecule has 0 amide bonds. The number of nitrogens with two attached hydrogens (primary N) is 1. The normalized spacial score (nSPS) is 9.06. The van der Waals surface area contributed by atoms with E-state index >= 15 is 0 Å². The van der Waals surface area contributed by atoms with Gasteiger partial charge in [0.1, 0.15) is 0 Å². The lowest BCUT2D eigenvalue weighted by molar-refractivity contribution is 0.633. The Balaban J connectivity index is 0.00000112. The third-order valence-electron chi connectivity index (χ3n) is 2.10. The maximum absolute atomic E-state index is 5.59. The van der Waals surface area contributed by atoms with Crippen molar-refractivity contribution in [2.75, 3.05) is 5.73 Å². The molecule has 0 saturated heterocycles. The van der Waals surface area contributed by atoms with Crippen molar-refractivity contribution in [1.29, 1.82) is 0 Å². The Labute approximate surface area is 106 Å². The molecule has 2 aromatic heterocycles. The van der Waals surface area contributed by atoms with Gasteiger partial charge in [-0.25, -0.2) is 4.68 Å². The molecule has 0 aliphatic heterocycles. The van der Waals surface area contributed by atoms with Gasteiger partial charge in [0.2, 0.25) is 0 Å². The lowest BCUT2D eigenvalue weighted by Gasteiger charge is -2.02. The van der Waals surface area contributed by atoms with Crippen molar-refractivity contribution < 1.29 is 0 Å². The first-order valence-corrected chi connectivity index (χ1v) is 4.32. The molecule has 0 radical (unpaired) electrons. The van der Waals surface area contributed by atoms with Crippen molar-refractivity contribution in [2.24, 2.45) is 0 Å². The first-order valence-electron chi connectivity index (χ1n) is 4.32. The van der Waals surface area contributed by atoms with E-state index in [0.29, 0.717) is 12.4 Å². The van der Waals surface area contributed by atoms with Crippen LogP contribution in [0.3, 0.4) is 0 Å². The van der Waals surface area contributed by atoms with E-state index in [1.807, 2.05) is 19.1 Å². The van der Waals surface area contributed by atoms with E-state index in [-0.39, 0.29) is 24.8 Å². The van der Waals surface area contributed by atoms with Gasteiger partial charge in [-0.3, -0.25) is 4.98 Å². The fourth-order valence-electron chi connectivity index (χ4n) is 1.19. The van der Waals surface area contributed by atoms with Crippen molar-refractivity contribution >= 4 is 30.6 Å². The number of anilines is 1. The molecule has 0 aromatic carbocycles. The van der Waals surface area contributed by atoms with Gasteiger partial charge in [0.15, 0.2) is 5.82 Å². The fourth-order valence-corrected chi connectivity index (χ4v) is 1.19. The Kier molecular flexibility index (Phi) is 5.77. The van der Waals surface area contributed by atoms with E-state index in [1.165, 1.54) is 0 Å². The molecule has 2 N–H and O–H groups in total. The smallest absolute Gasteiger partial charge is 0.168 e. The summed E-state index contributed by atoms with van der Waals surface area (Å²) in [6.07, 6.45) is 3.51. The molecule has 0 spiro atoms. The van der Waals surface area contributed by atoms with Gasteiger partial charge in [0.25, 0.3) is 0 Å². The number of aromatic nitrogens is 4. The zero-order valence-electron chi connectivity index (χ0n) is 8.70. The van der Waals surface area contributed by atoms with Gasteiger partial charge < -0.3 is 5.73 Å². The van der Waals surface area contributed by atoms with Gasteiger partial charge in [0, 0.05) is 12.4 Å². The van der Waals surface area contributed by atoms with Crippen LogP contribution in [0.1, 0.15) is 11.3 Å². The molecule has 88 valence electrons. The van der Waals surface area contributed by atoms with Crippen molar-refractivity contribution in [3.63, 3.8) is 0 Å². The molecular formula is C9H13Cl2N5.